The van der Waals surface area contributed by atoms with Gasteiger partial charge in [0.05, 0.1) is 11.7 Å². The molecule has 0 bridgehead atoms. The van der Waals surface area contributed by atoms with E-state index in [-0.39, 0.29) is 16.8 Å². The summed E-state index contributed by atoms with van der Waals surface area (Å²) in [6.45, 7) is 4.94. The Bertz CT molecular complexity index is 795. The minimum atomic E-state index is -0.957. The molecule has 0 radical (unpaired) electrons. The number of aromatic carboxylic acids is 1. The number of rotatable bonds is 5. The molecule has 2 aliphatic heterocycles. The summed E-state index contributed by atoms with van der Waals surface area (Å²) < 4.78 is 0. The van der Waals surface area contributed by atoms with E-state index in [2.05, 4.69) is 9.98 Å². The summed E-state index contributed by atoms with van der Waals surface area (Å²) in [6.07, 6.45) is 1.30. The molecule has 0 aromatic carbocycles. The number of amides is 1. The van der Waals surface area contributed by atoms with Gasteiger partial charge in [0.25, 0.3) is 5.91 Å². The minimum Gasteiger partial charge on any atom is -0.477 e. The summed E-state index contributed by atoms with van der Waals surface area (Å²) in [5.74, 6) is -1.06. The molecule has 1 amide bonds. The van der Waals surface area contributed by atoms with Gasteiger partial charge in [0.15, 0.2) is 5.13 Å². The molecule has 3 rings (SSSR count). The van der Waals surface area contributed by atoms with Crippen LogP contribution in [0.15, 0.2) is 15.7 Å². The average Bonchev–Trinajstić information content (AvgIpc) is 3.07. The standard InChI is InChI=1S/C16H19ClN4O3S/c1-4-9-5-11(19-13(9)17)14(22)20(3)10-6-21(7-10)16-18-8(2)12(25-16)15(23)24/h10H,4-7H2,1-3H3,(H,23,24). The predicted octanol–water partition coefficient (Wildman–Crippen LogP) is 2.50. The number of carboxylic acids is 1. The van der Waals surface area contributed by atoms with Crippen molar-refractivity contribution in [3.05, 3.63) is 21.3 Å². The van der Waals surface area contributed by atoms with E-state index in [1.807, 2.05) is 11.8 Å². The van der Waals surface area contributed by atoms with Crippen LogP contribution >= 0.6 is 22.9 Å². The van der Waals surface area contributed by atoms with Gasteiger partial charge >= 0.3 is 5.97 Å². The molecule has 25 heavy (non-hydrogen) atoms. The van der Waals surface area contributed by atoms with Crippen LogP contribution in [0.2, 0.25) is 0 Å². The highest BCUT2D eigenvalue weighted by Gasteiger charge is 2.36. The Hall–Kier alpha value is -1.93. The summed E-state index contributed by atoms with van der Waals surface area (Å²) in [7, 11) is 1.76. The predicted molar refractivity (Wildman–Crippen MR) is 97.8 cm³/mol. The molecule has 9 heteroatoms. The SMILES string of the molecule is CCC1=C(Cl)N=C(C(=O)N(C)C2CN(c3nc(C)c(C(=O)O)s3)C2)C1. The van der Waals surface area contributed by atoms with Crippen LogP contribution in [0.25, 0.3) is 0 Å². The number of allylic oxidation sites excluding steroid dienone is 1. The van der Waals surface area contributed by atoms with Crippen molar-refractivity contribution < 1.29 is 14.7 Å². The number of aromatic nitrogens is 1. The Kier molecular flexibility index (Phi) is 4.83. The van der Waals surface area contributed by atoms with Crippen LogP contribution < -0.4 is 4.90 Å². The lowest BCUT2D eigenvalue weighted by atomic mass is 10.1. The third-order valence-corrected chi connectivity index (χ3v) is 6.12. The third kappa shape index (κ3) is 3.28. The van der Waals surface area contributed by atoms with Crippen LogP contribution in [0.5, 0.6) is 0 Å². The van der Waals surface area contributed by atoms with Crippen molar-refractivity contribution in [2.45, 2.75) is 32.7 Å². The lowest BCUT2D eigenvalue weighted by Gasteiger charge is -2.43. The van der Waals surface area contributed by atoms with Gasteiger partial charge in [-0.05, 0) is 18.9 Å². The smallest absolute Gasteiger partial charge is 0.347 e. The fraction of sp³-hybridized carbons (Fsp3) is 0.500. The van der Waals surface area contributed by atoms with Gasteiger partial charge in [-0.2, -0.15) is 0 Å². The molecule has 1 saturated heterocycles. The van der Waals surface area contributed by atoms with Gasteiger partial charge in [-0.25, -0.2) is 14.8 Å². The zero-order chi connectivity index (χ0) is 18.3. The van der Waals surface area contributed by atoms with Crippen molar-refractivity contribution in [1.29, 1.82) is 0 Å². The Morgan fingerprint density at radius 1 is 1.44 bits per heavy atom. The Balaban J connectivity index is 1.59. The minimum absolute atomic E-state index is 0.0529. The molecule has 1 aromatic heterocycles. The third-order valence-electron chi connectivity index (χ3n) is 4.56. The fourth-order valence-corrected chi connectivity index (χ4v) is 4.07. The highest BCUT2D eigenvalue weighted by atomic mass is 35.5. The van der Waals surface area contributed by atoms with E-state index in [9.17, 15) is 9.59 Å². The van der Waals surface area contributed by atoms with E-state index in [1.165, 1.54) is 11.3 Å². The number of carboxylic acid groups (broad SMARTS) is 1. The van der Waals surface area contributed by atoms with Crippen LogP contribution in [-0.2, 0) is 4.79 Å². The van der Waals surface area contributed by atoms with Gasteiger partial charge in [-0.3, -0.25) is 4.79 Å². The van der Waals surface area contributed by atoms with Crippen molar-refractivity contribution in [3.8, 4) is 0 Å². The number of thiazole rings is 1. The molecule has 1 aromatic rings. The molecule has 1 fully saturated rings. The first kappa shape index (κ1) is 17.9. The monoisotopic (exact) mass is 382 g/mol. The Labute approximate surface area is 154 Å². The molecule has 0 aliphatic carbocycles. The summed E-state index contributed by atoms with van der Waals surface area (Å²) in [5.41, 5.74) is 2.00. The molecule has 0 spiro atoms. The molecule has 3 heterocycles. The summed E-state index contributed by atoms with van der Waals surface area (Å²) in [5, 5.41) is 10.2. The lowest BCUT2D eigenvalue weighted by molar-refractivity contribution is -0.125. The first-order valence-electron chi connectivity index (χ1n) is 7.99. The first-order chi connectivity index (χ1) is 11.8. The maximum atomic E-state index is 12.6. The van der Waals surface area contributed by atoms with Crippen molar-refractivity contribution in [1.82, 2.24) is 9.88 Å². The van der Waals surface area contributed by atoms with Crippen molar-refractivity contribution in [2.24, 2.45) is 4.99 Å². The number of nitrogens with zero attached hydrogens (tertiary/aromatic N) is 4. The summed E-state index contributed by atoms with van der Waals surface area (Å²) in [4.78, 5) is 36.1. The zero-order valence-electron chi connectivity index (χ0n) is 14.2. The van der Waals surface area contributed by atoms with Crippen LogP contribution in [0.3, 0.4) is 0 Å². The van der Waals surface area contributed by atoms with Crippen molar-refractivity contribution >= 4 is 45.7 Å². The van der Waals surface area contributed by atoms with E-state index >= 15 is 0 Å². The molecule has 7 nitrogen and oxygen atoms in total. The number of halogens is 1. The van der Waals surface area contributed by atoms with E-state index in [0.29, 0.717) is 41.2 Å². The normalized spacial score (nSPS) is 17.6. The first-order valence-corrected chi connectivity index (χ1v) is 9.19. The number of carbonyl (C=O) groups excluding carboxylic acids is 1. The Morgan fingerprint density at radius 2 is 2.12 bits per heavy atom. The summed E-state index contributed by atoms with van der Waals surface area (Å²) in [6, 6.07) is 0.0529. The van der Waals surface area contributed by atoms with Gasteiger partial charge in [-0.1, -0.05) is 29.9 Å². The lowest BCUT2D eigenvalue weighted by Crippen LogP contribution is -2.60. The van der Waals surface area contributed by atoms with Crippen LogP contribution in [0.4, 0.5) is 5.13 Å². The van der Waals surface area contributed by atoms with E-state index < -0.39 is 5.97 Å². The van der Waals surface area contributed by atoms with Gasteiger partial charge in [0, 0.05) is 26.6 Å². The molecule has 0 unspecified atom stereocenters. The molecular formula is C16H19ClN4O3S. The number of likely N-dealkylation sites (N-methyl/N-ethyl adjacent to an activating group) is 1. The topological polar surface area (TPSA) is 86.1 Å². The second-order valence-electron chi connectivity index (χ2n) is 6.17. The summed E-state index contributed by atoms with van der Waals surface area (Å²) >= 11 is 7.22. The number of hydrogen-bond donors (Lipinski definition) is 1. The second-order valence-corrected chi connectivity index (χ2v) is 7.51. The largest absolute Gasteiger partial charge is 0.477 e. The molecule has 134 valence electrons. The van der Waals surface area contributed by atoms with Crippen molar-refractivity contribution in [2.75, 3.05) is 25.0 Å². The highest BCUT2D eigenvalue weighted by molar-refractivity contribution is 7.17. The average molecular weight is 383 g/mol. The molecule has 0 saturated carbocycles. The van der Waals surface area contributed by atoms with E-state index in [1.54, 1.807) is 18.9 Å². The quantitative estimate of drug-likeness (QED) is 0.791. The van der Waals surface area contributed by atoms with E-state index in [4.69, 9.17) is 16.7 Å². The van der Waals surface area contributed by atoms with Crippen LogP contribution in [-0.4, -0.2) is 58.8 Å². The number of carbonyl (C=O) groups is 2. The van der Waals surface area contributed by atoms with Gasteiger partial charge in [0.2, 0.25) is 0 Å². The van der Waals surface area contributed by atoms with Crippen LogP contribution in [0, 0.1) is 6.92 Å². The number of hydrogen-bond acceptors (Lipinski definition) is 6. The molecule has 0 atom stereocenters. The van der Waals surface area contributed by atoms with E-state index in [0.717, 1.165) is 12.0 Å². The second kappa shape index (κ2) is 6.76. The van der Waals surface area contributed by atoms with Gasteiger partial charge < -0.3 is 14.9 Å². The van der Waals surface area contributed by atoms with Crippen LogP contribution in [0.1, 0.15) is 35.1 Å². The Morgan fingerprint density at radius 3 is 2.64 bits per heavy atom. The highest BCUT2D eigenvalue weighted by Crippen LogP contribution is 2.31. The number of aryl methyl sites for hydroxylation is 1. The molecule has 2 aliphatic rings. The molecule has 1 N–H and O–H groups in total. The maximum Gasteiger partial charge on any atom is 0.347 e. The van der Waals surface area contributed by atoms with Gasteiger partial charge in [0.1, 0.15) is 15.7 Å². The number of aliphatic imine (C=N–C) groups is 1. The van der Waals surface area contributed by atoms with Gasteiger partial charge in [-0.15, -0.1) is 0 Å². The van der Waals surface area contributed by atoms with Crippen molar-refractivity contribution in [3.63, 3.8) is 0 Å². The maximum absolute atomic E-state index is 12.6. The zero-order valence-corrected chi connectivity index (χ0v) is 15.8. The molecular weight excluding hydrogens is 364 g/mol. The number of anilines is 1. The fourth-order valence-electron chi connectivity index (χ4n) is 2.85.